The Morgan fingerprint density at radius 1 is 0.794 bits per heavy atom. The lowest BCUT2D eigenvalue weighted by molar-refractivity contribution is -0.303. The van der Waals surface area contributed by atoms with Crippen molar-refractivity contribution in [1.29, 1.82) is 0 Å². The van der Waals surface area contributed by atoms with Crippen molar-refractivity contribution < 1.29 is 23.7 Å². The van der Waals surface area contributed by atoms with Crippen molar-refractivity contribution in [3.8, 4) is 11.5 Å². The number of rotatable bonds is 2. The van der Waals surface area contributed by atoms with Crippen molar-refractivity contribution in [1.82, 2.24) is 0 Å². The summed E-state index contributed by atoms with van der Waals surface area (Å²) in [7, 11) is 0. The molecule has 1 aliphatic rings. The highest BCUT2D eigenvalue weighted by Gasteiger charge is 2.65. The van der Waals surface area contributed by atoms with Gasteiger partial charge >= 0.3 is 11.7 Å². The molecule has 5 heteroatoms. The third kappa shape index (κ3) is 3.76. The van der Waals surface area contributed by atoms with Crippen LogP contribution in [-0.4, -0.2) is 16.1 Å². The normalized spacial score (nSPS) is 22.1. The molecule has 4 rings (SSSR count). The summed E-state index contributed by atoms with van der Waals surface area (Å²) < 4.78 is 38.6. The van der Waals surface area contributed by atoms with Crippen LogP contribution in [0.3, 0.4) is 0 Å². The topological polar surface area (TPSA) is 49.7 Å². The van der Waals surface area contributed by atoms with E-state index >= 15 is 8.78 Å². The summed E-state index contributed by atoms with van der Waals surface area (Å²) in [5.74, 6) is -7.76. The highest BCUT2D eigenvalue weighted by atomic mass is 19.3. The number of aliphatic hydroxyl groups is 1. The molecule has 2 atom stereocenters. The minimum atomic E-state index is -3.72. The molecule has 0 amide bonds. The van der Waals surface area contributed by atoms with Crippen LogP contribution < -0.4 is 4.74 Å². The summed E-state index contributed by atoms with van der Waals surface area (Å²) in [5.41, 5.74) is 0.772. The lowest BCUT2D eigenvalue weighted by Crippen LogP contribution is -2.56. The van der Waals surface area contributed by atoms with E-state index in [-0.39, 0.29) is 17.1 Å². The van der Waals surface area contributed by atoms with Crippen molar-refractivity contribution in [2.75, 3.05) is 0 Å². The average molecular weight is 467 g/mol. The summed E-state index contributed by atoms with van der Waals surface area (Å²) in [6, 6.07) is 17.7. The van der Waals surface area contributed by atoms with E-state index in [0.29, 0.717) is 22.3 Å². The Hall–Kier alpha value is -2.92. The fourth-order valence-corrected chi connectivity index (χ4v) is 4.70. The highest BCUT2D eigenvalue weighted by molar-refractivity contribution is 5.55. The van der Waals surface area contributed by atoms with Crippen LogP contribution >= 0.6 is 0 Å². The minimum absolute atomic E-state index is 0.0228. The summed E-state index contributed by atoms with van der Waals surface area (Å²) >= 11 is 0. The van der Waals surface area contributed by atoms with Crippen molar-refractivity contribution >= 4 is 0 Å². The van der Waals surface area contributed by atoms with Gasteiger partial charge in [0.05, 0.1) is 5.92 Å². The second kappa shape index (κ2) is 7.81. The van der Waals surface area contributed by atoms with Gasteiger partial charge in [0.25, 0.3) is 0 Å². The first-order chi connectivity index (χ1) is 15.7. The first-order valence-electron chi connectivity index (χ1n) is 11.5. The molecule has 3 nitrogen and oxygen atoms in total. The summed E-state index contributed by atoms with van der Waals surface area (Å²) in [4.78, 5) is 0. The van der Waals surface area contributed by atoms with Crippen molar-refractivity contribution in [2.45, 2.75) is 70.0 Å². The predicted octanol–water partition coefficient (Wildman–Crippen LogP) is 6.99. The van der Waals surface area contributed by atoms with Crippen LogP contribution in [-0.2, 0) is 16.6 Å². The molecule has 0 saturated carbocycles. The Kier molecular flexibility index (Phi) is 5.56. The Labute approximate surface area is 200 Å². The fraction of sp³-hybridized carbons (Fsp3) is 0.379. The molecule has 1 heterocycles. The quantitative estimate of drug-likeness (QED) is 0.428. The van der Waals surface area contributed by atoms with Crippen LogP contribution in [0.4, 0.5) is 8.78 Å². The molecular weight excluding hydrogens is 434 g/mol. The molecule has 180 valence electrons. The number of phenolic OH excluding ortho intramolecular Hbond substituents is 1. The van der Waals surface area contributed by atoms with Gasteiger partial charge in [-0.15, -0.1) is 0 Å². The third-order valence-electron chi connectivity index (χ3n) is 6.55. The molecule has 3 aromatic rings. The second-order valence-corrected chi connectivity index (χ2v) is 11.2. The number of ether oxygens (including phenoxy) is 1. The maximum atomic E-state index is 16.5. The van der Waals surface area contributed by atoms with Gasteiger partial charge in [-0.2, -0.15) is 8.78 Å². The smallest absolute Gasteiger partial charge is 0.327 e. The molecule has 0 spiro atoms. The van der Waals surface area contributed by atoms with E-state index < -0.39 is 28.5 Å². The number of alkyl halides is 2. The molecule has 3 aromatic carbocycles. The number of benzene rings is 3. The van der Waals surface area contributed by atoms with Crippen LogP contribution in [0.15, 0.2) is 66.7 Å². The monoisotopic (exact) mass is 466 g/mol. The van der Waals surface area contributed by atoms with E-state index in [4.69, 9.17) is 4.74 Å². The van der Waals surface area contributed by atoms with Gasteiger partial charge in [0.15, 0.2) is 0 Å². The molecular formula is C29H32F2O3. The number of fused-ring (bicyclic) bond motifs is 1. The summed E-state index contributed by atoms with van der Waals surface area (Å²) in [6.45, 7) is 11.6. The van der Waals surface area contributed by atoms with E-state index in [1.165, 1.54) is 12.1 Å². The van der Waals surface area contributed by atoms with Gasteiger partial charge in [0, 0.05) is 11.1 Å². The summed E-state index contributed by atoms with van der Waals surface area (Å²) in [5, 5.41) is 22.6. The van der Waals surface area contributed by atoms with Crippen LogP contribution in [0.2, 0.25) is 0 Å². The predicted molar refractivity (Wildman–Crippen MR) is 130 cm³/mol. The molecule has 0 radical (unpaired) electrons. The Bertz CT molecular complexity index is 1170. The second-order valence-electron chi connectivity index (χ2n) is 11.2. The largest absolute Gasteiger partial charge is 0.507 e. The maximum absolute atomic E-state index is 16.5. The number of aromatic hydroxyl groups is 1. The Balaban J connectivity index is 2.05. The highest BCUT2D eigenvalue weighted by Crippen LogP contribution is 2.57. The SMILES string of the molecule is CC(C)(C)c1cc(C2c3ccccc3OC(O)(c3ccccc3)C2(F)F)cc(C(C)(C)C)c1O. The van der Waals surface area contributed by atoms with Crippen LogP contribution in [0, 0.1) is 0 Å². The molecule has 0 bridgehead atoms. The van der Waals surface area contributed by atoms with Gasteiger partial charge in [-0.25, -0.2) is 0 Å². The molecule has 0 aromatic heterocycles. The number of para-hydroxylation sites is 1. The zero-order chi connectivity index (χ0) is 25.1. The van der Waals surface area contributed by atoms with E-state index in [9.17, 15) is 10.2 Å². The number of hydrogen-bond donors (Lipinski definition) is 2. The molecule has 34 heavy (non-hydrogen) atoms. The minimum Gasteiger partial charge on any atom is -0.507 e. The standard InChI is InChI=1S/C29H32F2O3/c1-26(2,3)21-16-18(17-22(25(21)32)27(4,5)6)24-20-14-10-11-15-23(20)34-29(33,28(24,30)31)19-12-8-7-9-13-19/h7-17,24,32-33H,1-6H3. The number of phenols is 1. The van der Waals surface area contributed by atoms with Gasteiger partial charge in [-0.1, -0.05) is 102 Å². The zero-order valence-corrected chi connectivity index (χ0v) is 20.5. The van der Waals surface area contributed by atoms with E-state index in [1.54, 1.807) is 54.6 Å². The molecule has 2 unspecified atom stereocenters. The van der Waals surface area contributed by atoms with E-state index in [2.05, 4.69) is 0 Å². The van der Waals surface area contributed by atoms with Crippen molar-refractivity contribution in [2.24, 2.45) is 0 Å². The lowest BCUT2D eigenvalue weighted by atomic mass is 9.72. The van der Waals surface area contributed by atoms with Gasteiger partial charge < -0.3 is 14.9 Å². The number of hydrogen-bond acceptors (Lipinski definition) is 3. The van der Waals surface area contributed by atoms with Gasteiger partial charge in [-0.3, -0.25) is 0 Å². The van der Waals surface area contributed by atoms with Gasteiger partial charge in [0.1, 0.15) is 11.5 Å². The summed E-state index contributed by atoms with van der Waals surface area (Å²) in [6.07, 6.45) is 0. The van der Waals surface area contributed by atoms with Crippen LogP contribution in [0.25, 0.3) is 0 Å². The first kappa shape index (κ1) is 24.2. The fourth-order valence-electron chi connectivity index (χ4n) is 4.70. The van der Waals surface area contributed by atoms with Crippen molar-refractivity contribution in [3.05, 3.63) is 94.5 Å². The molecule has 0 aliphatic carbocycles. The zero-order valence-electron chi connectivity index (χ0n) is 20.5. The lowest BCUT2D eigenvalue weighted by Gasteiger charge is -2.45. The van der Waals surface area contributed by atoms with Crippen molar-refractivity contribution in [3.63, 3.8) is 0 Å². The average Bonchev–Trinajstić information content (AvgIpc) is 2.74. The molecule has 0 fully saturated rings. The Morgan fingerprint density at radius 3 is 1.82 bits per heavy atom. The first-order valence-corrected chi connectivity index (χ1v) is 11.5. The number of halogens is 2. The van der Waals surface area contributed by atoms with Crippen LogP contribution in [0.5, 0.6) is 11.5 Å². The van der Waals surface area contributed by atoms with E-state index in [1.807, 2.05) is 41.5 Å². The molecule has 0 saturated heterocycles. The van der Waals surface area contributed by atoms with Gasteiger partial charge in [-0.05, 0) is 33.6 Å². The maximum Gasteiger partial charge on any atom is 0.327 e. The third-order valence-corrected chi connectivity index (χ3v) is 6.55. The van der Waals surface area contributed by atoms with Gasteiger partial charge in [0.2, 0.25) is 0 Å². The van der Waals surface area contributed by atoms with E-state index in [0.717, 1.165) is 0 Å². The molecule has 2 N–H and O–H groups in total. The van der Waals surface area contributed by atoms with Crippen LogP contribution in [0.1, 0.15) is 75.3 Å². The molecule has 1 aliphatic heterocycles. The Morgan fingerprint density at radius 2 is 1.29 bits per heavy atom.